The molecule has 0 aliphatic carbocycles. The van der Waals surface area contributed by atoms with Crippen molar-refractivity contribution >= 4 is 40.9 Å². The molecule has 1 aromatic heterocycles. The molecule has 0 bridgehead atoms. The molecular weight excluding hydrogens is 374 g/mol. The molecule has 1 amide bonds. The van der Waals surface area contributed by atoms with Crippen LogP contribution in [0.3, 0.4) is 0 Å². The summed E-state index contributed by atoms with van der Waals surface area (Å²) in [4.78, 5) is 27.7. The fourth-order valence-electron chi connectivity index (χ4n) is 1.81. The number of pyridine rings is 1. The van der Waals surface area contributed by atoms with Crippen molar-refractivity contribution in [2.45, 2.75) is 6.92 Å². The third-order valence-electron chi connectivity index (χ3n) is 3.09. The first-order valence-electron chi connectivity index (χ1n) is 6.95. The molecule has 25 heavy (non-hydrogen) atoms. The summed E-state index contributed by atoms with van der Waals surface area (Å²) >= 11 is 11.8. The Hall–Kier alpha value is -2.38. The summed E-state index contributed by atoms with van der Waals surface area (Å²) in [5, 5.41) is 2.87. The third-order valence-corrected chi connectivity index (χ3v) is 3.76. The number of aryl methyl sites for hydroxylation is 1. The Morgan fingerprint density at radius 1 is 1.24 bits per heavy atom. The van der Waals surface area contributed by atoms with E-state index in [2.05, 4.69) is 10.3 Å². The Bertz CT molecular complexity index is 830. The second-order valence-corrected chi connectivity index (χ2v) is 5.67. The van der Waals surface area contributed by atoms with Crippen LogP contribution in [0, 0.1) is 12.7 Å². The quantitative estimate of drug-likeness (QED) is 0.793. The maximum absolute atomic E-state index is 13.8. The molecule has 9 heteroatoms. The topological polar surface area (TPSA) is 77.5 Å². The van der Waals surface area contributed by atoms with E-state index in [0.717, 1.165) is 6.07 Å². The van der Waals surface area contributed by atoms with Gasteiger partial charge in [-0.3, -0.25) is 4.79 Å². The second-order valence-electron chi connectivity index (χ2n) is 4.86. The average Bonchev–Trinajstić information content (AvgIpc) is 2.57. The minimum absolute atomic E-state index is 0.0836. The zero-order chi connectivity index (χ0) is 18.6. The fraction of sp³-hybridized carbons (Fsp3) is 0.188. The number of rotatable bonds is 5. The molecule has 0 fully saturated rings. The van der Waals surface area contributed by atoms with E-state index in [0.29, 0.717) is 10.7 Å². The SMILES string of the molecule is COc1ccc(C(=O)OCC(=O)Nc2nc(C)c(Cl)cc2Cl)c(F)c1. The third kappa shape index (κ3) is 4.80. The summed E-state index contributed by atoms with van der Waals surface area (Å²) in [5.41, 5.74) is 0.158. The normalized spacial score (nSPS) is 10.3. The van der Waals surface area contributed by atoms with Gasteiger partial charge in [-0.25, -0.2) is 14.2 Å². The lowest BCUT2D eigenvalue weighted by atomic mass is 10.2. The molecule has 2 rings (SSSR count). The predicted octanol–water partition coefficient (Wildman–Crippen LogP) is 3.64. The van der Waals surface area contributed by atoms with E-state index < -0.39 is 24.3 Å². The number of carbonyl (C=O) groups is 2. The molecular formula is C16H13Cl2FN2O4. The fourth-order valence-corrected chi connectivity index (χ4v) is 2.22. The number of benzene rings is 1. The molecule has 0 unspecified atom stereocenters. The first kappa shape index (κ1) is 19.0. The van der Waals surface area contributed by atoms with Crippen molar-refractivity contribution in [2.75, 3.05) is 19.0 Å². The molecule has 0 spiro atoms. The highest BCUT2D eigenvalue weighted by molar-refractivity contribution is 6.36. The van der Waals surface area contributed by atoms with Crippen LogP contribution in [-0.4, -0.2) is 30.6 Å². The van der Waals surface area contributed by atoms with Crippen LogP contribution in [0.1, 0.15) is 16.1 Å². The molecule has 1 N–H and O–H groups in total. The number of halogens is 3. The maximum Gasteiger partial charge on any atom is 0.341 e. The number of nitrogens with zero attached hydrogens (tertiary/aromatic N) is 1. The van der Waals surface area contributed by atoms with Crippen LogP contribution in [-0.2, 0) is 9.53 Å². The Kier molecular flexibility index (Phi) is 6.17. The number of anilines is 1. The number of ether oxygens (including phenoxy) is 2. The van der Waals surface area contributed by atoms with Crippen LogP contribution in [0.15, 0.2) is 24.3 Å². The standard InChI is InChI=1S/C16H13Cl2FN2O4/c1-8-11(17)6-12(18)15(20-8)21-14(22)7-25-16(23)10-4-3-9(24-2)5-13(10)19/h3-6H,7H2,1-2H3,(H,20,21,22). The minimum Gasteiger partial charge on any atom is -0.497 e. The molecule has 132 valence electrons. The number of aromatic nitrogens is 1. The molecule has 0 saturated carbocycles. The van der Waals surface area contributed by atoms with Crippen molar-refractivity contribution < 1.29 is 23.5 Å². The summed E-state index contributed by atoms with van der Waals surface area (Å²) in [6.07, 6.45) is 0. The molecule has 0 saturated heterocycles. The van der Waals surface area contributed by atoms with E-state index in [1.807, 2.05) is 0 Å². The van der Waals surface area contributed by atoms with Gasteiger partial charge in [0.2, 0.25) is 0 Å². The predicted molar refractivity (Wildman–Crippen MR) is 90.9 cm³/mol. The van der Waals surface area contributed by atoms with Crippen molar-refractivity contribution in [3.8, 4) is 5.75 Å². The number of hydrogen-bond acceptors (Lipinski definition) is 5. The van der Waals surface area contributed by atoms with Gasteiger partial charge in [0.15, 0.2) is 12.4 Å². The lowest BCUT2D eigenvalue weighted by Crippen LogP contribution is -2.22. The Morgan fingerprint density at radius 3 is 2.60 bits per heavy atom. The smallest absolute Gasteiger partial charge is 0.341 e. The Morgan fingerprint density at radius 2 is 1.96 bits per heavy atom. The molecule has 0 aliphatic heterocycles. The highest BCUT2D eigenvalue weighted by atomic mass is 35.5. The van der Waals surface area contributed by atoms with E-state index in [-0.39, 0.29) is 22.2 Å². The summed E-state index contributed by atoms with van der Waals surface area (Å²) in [5.74, 6) is -2.14. The van der Waals surface area contributed by atoms with Gasteiger partial charge in [-0.2, -0.15) is 0 Å². The molecule has 6 nitrogen and oxygen atoms in total. The minimum atomic E-state index is -0.985. The summed E-state index contributed by atoms with van der Waals surface area (Å²) in [6, 6.07) is 5.08. The van der Waals surface area contributed by atoms with Crippen LogP contribution in [0.4, 0.5) is 10.2 Å². The van der Waals surface area contributed by atoms with Crippen LogP contribution < -0.4 is 10.1 Å². The van der Waals surface area contributed by atoms with Crippen molar-refractivity contribution in [3.63, 3.8) is 0 Å². The molecule has 1 aromatic carbocycles. The van der Waals surface area contributed by atoms with Gasteiger partial charge < -0.3 is 14.8 Å². The second kappa shape index (κ2) is 8.13. The van der Waals surface area contributed by atoms with Crippen molar-refractivity contribution in [1.29, 1.82) is 0 Å². The summed E-state index contributed by atoms with van der Waals surface area (Å²) in [7, 11) is 1.37. The van der Waals surface area contributed by atoms with Gasteiger partial charge in [0.25, 0.3) is 5.91 Å². The highest BCUT2D eigenvalue weighted by Crippen LogP contribution is 2.25. The van der Waals surface area contributed by atoms with Crippen LogP contribution in [0.2, 0.25) is 10.0 Å². The van der Waals surface area contributed by atoms with Gasteiger partial charge in [0, 0.05) is 6.07 Å². The van der Waals surface area contributed by atoms with Crippen LogP contribution in [0.5, 0.6) is 5.75 Å². The van der Waals surface area contributed by atoms with Gasteiger partial charge >= 0.3 is 5.97 Å². The van der Waals surface area contributed by atoms with Crippen molar-refractivity contribution in [3.05, 3.63) is 51.4 Å². The van der Waals surface area contributed by atoms with E-state index >= 15 is 0 Å². The number of nitrogens with one attached hydrogen (secondary N) is 1. The van der Waals surface area contributed by atoms with Crippen molar-refractivity contribution in [2.24, 2.45) is 0 Å². The van der Waals surface area contributed by atoms with Gasteiger partial charge in [0.1, 0.15) is 11.6 Å². The molecule has 0 aliphatic rings. The number of carbonyl (C=O) groups excluding carboxylic acids is 2. The molecule has 0 radical (unpaired) electrons. The van der Waals surface area contributed by atoms with Crippen LogP contribution in [0.25, 0.3) is 0 Å². The first-order valence-corrected chi connectivity index (χ1v) is 7.70. The van der Waals surface area contributed by atoms with Crippen LogP contribution >= 0.6 is 23.2 Å². The zero-order valence-corrected chi connectivity index (χ0v) is 14.7. The Balaban J connectivity index is 1.98. The van der Waals surface area contributed by atoms with E-state index in [4.69, 9.17) is 32.7 Å². The maximum atomic E-state index is 13.8. The monoisotopic (exact) mass is 386 g/mol. The summed E-state index contributed by atoms with van der Waals surface area (Å²) < 4.78 is 23.4. The first-order chi connectivity index (χ1) is 11.8. The van der Waals surface area contributed by atoms with Gasteiger partial charge in [-0.05, 0) is 25.1 Å². The zero-order valence-electron chi connectivity index (χ0n) is 13.2. The van der Waals surface area contributed by atoms with E-state index in [1.165, 1.54) is 25.3 Å². The average molecular weight is 387 g/mol. The number of amides is 1. The molecule has 1 heterocycles. The van der Waals surface area contributed by atoms with Gasteiger partial charge in [0.05, 0.1) is 28.4 Å². The van der Waals surface area contributed by atoms with Gasteiger partial charge in [-0.15, -0.1) is 0 Å². The lowest BCUT2D eigenvalue weighted by Gasteiger charge is -2.09. The molecule has 2 aromatic rings. The van der Waals surface area contributed by atoms with Crippen molar-refractivity contribution in [1.82, 2.24) is 4.98 Å². The largest absolute Gasteiger partial charge is 0.497 e. The summed E-state index contributed by atoms with van der Waals surface area (Å²) in [6.45, 7) is 1.00. The van der Waals surface area contributed by atoms with E-state index in [1.54, 1.807) is 6.92 Å². The number of methoxy groups -OCH3 is 1. The lowest BCUT2D eigenvalue weighted by molar-refractivity contribution is -0.119. The highest BCUT2D eigenvalue weighted by Gasteiger charge is 2.17. The number of esters is 1. The van der Waals surface area contributed by atoms with E-state index in [9.17, 15) is 14.0 Å². The number of hydrogen-bond donors (Lipinski definition) is 1. The van der Waals surface area contributed by atoms with Gasteiger partial charge in [-0.1, -0.05) is 23.2 Å². The molecule has 0 atom stereocenters. The Labute approximate surface area is 152 Å².